The quantitative estimate of drug-likeness (QED) is 0.677. The molecule has 0 amide bonds. The number of ether oxygens (including phenoxy) is 1. The van der Waals surface area contributed by atoms with E-state index in [2.05, 4.69) is 51.2 Å². The summed E-state index contributed by atoms with van der Waals surface area (Å²) >= 11 is 0. The van der Waals surface area contributed by atoms with Crippen molar-refractivity contribution in [1.82, 2.24) is 5.32 Å². The highest BCUT2D eigenvalue weighted by Crippen LogP contribution is 2.34. The fourth-order valence-electron chi connectivity index (χ4n) is 2.79. The van der Waals surface area contributed by atoms with Crippen LogP contribution in [-0.4, -0.2) is 20.2 Å². The van der Waals surface area contributed by atoms with Crippen molar-refractivity contribution in [1.29, 1.82) is 0 Å². The highest BCUT2D eigenvalue weighted by molar-refractivity contribution is 5.37. The molecule has 0 radical (unpaired) electrons. The zero-order valence-corrected chi connectivity index (χ0v) is 13.9. The molecule has 20 heavy (non-hydrogen) atoms. The van der Waals surface area contributed by atoms with E-state index >= 15 is 0 Å². The van der Waals surface area contributed by atoms with Crippen LogP contribution < -0.4 is 10.1 Å². The van der Waals surface area contributed by atoms with Gasteiger partial charge < -0.3 is 10.1 Å². The third-order valence-electron chi connectivity index (χ3n) is 4.43. The van der Waals surface area contributed by atoms with Crippen LogP contribution in [0.1, 0.15) is 51.2 Å². The van der Waals surface area contributed by atoms with Gasteiger partial charge in [0.25, 0.3) is 0 Å². The van der Waals surface area contributed by atoms with Crippen molar-refractivity contribution in [2.24, 2.45) is 5.41 Å². The molecule has 0 heterocycles. The normalized spacial score (nSPS) is 11.7. The molecule has 0 aliphatic carbocycles. The number of benzene rings is 1. The Morgan fingerprint density at radius 3 is 2.40 bits per heavy atom. The Balaban J connectivity index is 2.91. The Labute approximate surface area is 124 Å². The van der Waals surface area contributed by atoms with Crippen molar-refractivity contribution in [3.63, 3.8) is 0 Å². The van der Waals surface area contributed by atoms with Crippen LogP contribution in [0.25, 0.3) is 0 Å². The number of hydrogen-bond acceptors (Lipinski definition) is 2. The SMILES string of the molecule is CCCNCC(CC)(CC)Cc1cc(C)ccc1OC. The molecule has 1 N–H and O–H groups in total. The van der Waals surface area contributed by atoms with E-state index in [9.17, 15) is 0 Å². The average Bonchev–Trinajstić information content (AvgIpc) is 2.46. The Morgan fingerprint density at radius 2 is 1.85 bits per heavy atom. The lowest BCUT2D eigenvalue weighted by molar-refractivity contribution is 0.243. The zero-order chi connectivity index (χ0) is 15.0. The van der Waals surface area contributed by atoms with E-state index < -0.39 is 0 Å². The molecule has 1 aromatic carbocycles. The van der Waals surface area contributed by atoms with Crippen LogP contribution in [0, 0.1) is 12.3 Å². The highest BCUT2D eigenvalue weighted by Gasteiger charge is 2.27. The summed E-state index contributed by atoms with van der Waals surface area (Å²) in [6.45, 7) is 11.2. The lowest BCUT2D eigenvalue weighted by Gasteiger charge is -2.33. The van der Waals surface area contributed by atoms with Crippen LogP contribution in [0.5, 0.6) is 5.75 Å². The summed E-state index contributed by atoms with van der Waals surface area (Å²) in [4.78, 5) is 0. The van der Waals surface area contributed by atoms with Gasteiger partial charge in [-0.1, -0.05) is 38.5 Å². The minimum atomic E-state index is 0.330. The largest absolute Gasteiger partial charge is 0.496 e. The third kappa shape index (κ3) is 4.52. The van der Waals surface area contributed by atoms with Crippen LogP contribution >= 0.6 is 0 Å². The molecule has 0 saturated heterocycles. The Morgan fingerprint density at radius 1 is 1.15 bits per heavy atom. The monoisotopic (exact) mass is 277 g/mol. The maximum absolute atomic E-state index is 5.54. The van der Waals surface area contributed by atoms with Gasteiger partial charge in [0, 0.05) is 6.54 Å². The summed E-state index contributed by atoms with van der Waals surface area (Å²) in [7, 11) is 1.77. The lowest BCUT2D eigenvalue weighted by Crippen LogP contribution is -2.35. The minimum absolute atomic E-state index is 0.330. The molecule has 0 saturated carbocycles. The maximum atomic E-state index is 5.54. The van der Waals surface area contributed by atoms with E-state index in [-0.39, 0.29) is 0 Å². The number of aryl methyl sites for hydroxylation is 1. The number of rotatable bonds is 9. The maximum Gasteiger partial charge on any atom is 0.122 e. The first-order valence-electron chi connectivity index (χ1n) is 7.95. The molecule has 0 aromatic heterocycles. The van der Waals surface area contributed by atoms with E-state index in [4.69, 9.17) is 4.74 Å². The second-order valence-corrected chi connectivity index (χ2v) is 5.88. The van der Waals surface area contributed by atoms with Gasteiger partial charge in [-0.05, 0) is 56.2 Å². The van der Waals surface area contributed by atoms with Gasteiger partial charge in [-0.15, -0.1) is 0 Å². The van der Waals surface area contributed by atoms with Gasteiger partial charge >= 0.3 is 0 Å². The lowest BCUT2D eigenvalue weighted by atomic mass is 9.76. The van der Waals surface area contributed by atoms with Crippen LogP contribution in [0.15, 0.2) is 18.2 Å². The third-order valence-corrected chi connectivity index (χ3v) is 4.43. The van der Waals surface area contributed by atoms with Gasteiger partial charge in [-0.25, -0.2) is 0 Å². The average molecular weight is 277 g/mol. The predicted octanol–water partition coefficient (Wildman–Crippen LogP) is 4.35. The molecule has 0 aliphatic heterocycles. The first-order valence-corrected chi connectivity index (χ1v) is 7.95. The van der Waals surface area contributed by atoms with E-state index in [0.717, 1.165) is 25.3 Å². The summed E-state index contributed by atoms with van der Waals surface area (Å²) in [5.41, 5.74) is 2.98. The van der Waals surface area contributed by atoms with Crippen molar-refractivity contribution < 1.29 is 4.74 Å². The molecule has 0 bridgehead atoms. The van der Waals surface area contributed by atoms with Crippen LogP contribution in [0.4, 0.5) is 0 Å². The van der Waals surface area contributed by atoms with Gasteiger partial charge in [-0.2, -0.15) is 0 Å². The first kappa shape index (κ1) is 17.0. The Hall–Kier alpha value is -1.02. The topological polar surface area (TPSA) is 21.3 Å². The predicted molar refractivity (Wildman–Crippen MR) is 87.6 cm³/mol. The Kier molecular flexibility index (Phi) is 7.08. The summed E-state index contributed by atoms with van der Waals surface area (Å²) in [6, 6.07) is 6.50. The summed E-state index contributed by atoms with van der Waals surface area (Å²) in [5.74, 6) is 1.03. The van der Waals surface area contributed by atoms with Crippen molar-refractivity contribution >= 4 is 0 Å². The molecular weight excluding hydrogens is 246 g/mol. The van der Waals surface area contributed by atoms with Crippen molar-refractivity contribution in [2.75, 3.05) is 20.2 Å². The van der Waals surface area contributed by atoms with Gasteiger partial charge in [0.15, 0.2) is 0 Å². The molecule has 1 rings (SSSR count). The molecule has 0 spiro atoms. The van der Waals surface area contributed by atoms with Crippen molar-refractivity contribution in [3.8, 4) is 5.75 Å². The molecule has 114 valence electrons. The molecule has 0 fully saturated rings. The van der Waals surface area contributed by atoms with Crippen molar-refractivity contribution in [3.05, 3.63) is 29.3 Å². The molecule has 2 heteroatoms. The standard InChI is InChI=1S/C18H31NO/c1-6-11-19-14-18(7-2,8-3)13-16-12-15(4)9-10-17(16)20-5/h9-10,12,19H,6-8,11,13-14H2,1-5H3. The van der Waals surface area contributed by atoms with E-state index in [1.165, 1.54) is 30.4 Å². The smallest absolute Gasteiger partial charge is 0.122 e. The molecule has 0 unspecified atom stereocenters. The van der Waals surface area contributed by atoms with E-state index in [1.807, 2.05) is 0 Å². The van der Waals surface area contributed by atoms with Crippen LogP contribution in [0.2, 0.25) is 0 Å². The molecule has 0 atom stereocenters. The highest BCUT2D eigenvalue weighted by atomic mass is 16.5. The molecule has 1 aromatic rings. The summed E-state index contributed by atoms with van der Waals surface area (Å²) in [6.07, 6.45) is 4.66. The molecule has 0 aliphatic rings. The van der Waals surface area contributed by atoms with Crippen molar-refractivity contribution in [2.45, 2.75) is 53.4 Å². The fourth-order valence-corrected chi connectivity index (χ4v) is 2.79. The van der Waals surface area contributed by atoms with Gasteiger partial charge in [-0.3, -0.25) is 0 Å². The fraction of sp³-hybridized carbons (Fsp3) is 0.667. The summed E-state index contributed by atoms with van der Waals surface area (Å²) in [5, 5.41) is 3.61. The van der Waals surface area contributed by atoms with E-state index in [1.54, 1.807) is 7.11 Å². The second-order valence-electron chi connectivity index (χ2n) is 5.88. The van der Waals surface area contributed by atoms with Crippen LogP contribution in [0.3, 0.4) is 0 Å². The van der Waals surface area contributed by atoms with Gasteiger partial charge in [0.05, 0.1) is 7.11 Å². The minimum Gasteiger partial charge on any atom is -0.496 e. The number of methoxy groups -OCH3 is 1. The number of hydrogen-bond donors (Lipinski definition) is 1. The van der Waals surface area contributed by atoms with Crippen LogP contribution in [-0.2, 0) is 6.42 Å². The zero-order valence-electron chi connectivity index (χ0n) is 13.9. The number of nitrogens with one attached hydrogen (secondary N) is 1. The summed E-state index contributed by atoms with van der Waals surface area (Å²) < 4.78 is 5.54. The van der Waals surface area contributed by atoms with E-state index in [0.29, 0.717) is 5.41 Å². The van der Waals surface area contributed by atoms with Gasteiger partial charge in [0.1, 0.15) is 5.75 Å². The molecule has 2 nitrogen and oxygen atoms in total. The van der Waals surface area contributed by atoms with Gasteiger partial charge in [0.2, 0.25) is 0 Å². The Bertz CT molecular complexity index is 396. The second kappa shape index (κ2) is 8.31. The molecular formula is C18H31NO. The first-order chi connectivity index (χ1) is 9.60.